The third-order valence-electron chi connectivity index (χ3n) is 3.40. The first-order valence-corrected chi connectivity index (χ1v) is 7.92. The van der Waals surface area contributed by atoms with Gasteiger partial charge >= 0.3 is 0 Å². The number of unbranched alkanes of at least 4 members (excludes halogenated alkanes) is 1. The molecule has 0 unspecified atom stereocenters. The SMILES string of the molecule is CCCCN(C)C(=NCc1ccc(C(=O)NC)cc1)NCC. The van der Waals surface area contributed by atoms with Crippen LogP contribution in [0.25, 0.3) is 0 Å². The molecule has 0 saturated heterocycles. The van der Waals surface area contributed by atoms with Crippen molar-refractivity contribution in [2.24, 2.45) is 4.99 Å². The molecule has 1 amide bonds. The Morgan fingerprint density at radius 3 is 2.45 bits per heavy atom. The summed E-state index contributed by atoms with van der Waals surface area (Å²) < 4.78 is 0. The molecule has 0 aliphatic carbocycles. The Morgan fingerprint density at radius 1 is 1.23 bits per heavy atom. The van der Waals surface area contributed by atoms with Crippen LogP contribution in [0.4, 0.5) is 0 Å². The first kappa shape index (κ1) is 18.0. The Hall–Kier alpha value is -2.04. The van der Waals surface area contributed by atoms with Gasteiger partial charge in [0.1, 0.15) is 0 Å². The highest BCUT2D eigenvalue weighted by atomic mass is 16.1. The molecule has 0 aliphatic heterocycles. The molecular weight excluding hydrogens is 276 g/mol. The monoisotopic (exact) mass is 304 g/mol. The van der Waals surface area contributed by atoms with E-state index in [2.05, 4.69) is 41.4 Å². The largest absolute Gasteiger partial charge is 0.357 e. The molecule has 5 nitrogen and oxygen atoms in total. The summed E-state index contributed by atoms with van der Waals surface area (Å²) in [6.45, 7) is 6.71. The molecule has 0 aliphatic rings. The molecule has 2 N–H and O–H groups in total. The lowest BCUT2D eigenvalue weighted by atomic mass is 10.1. The zero-order valence-corrected chi connectivity index (χ0v) is 14.1. The van der Waals surface area contributed by atoms with E-state index in [9.17, 15) is 4.79 Å². The molecule has 0 spiro atoms. The highest BCUT2D eigenvalue weighted by molar-refractivity contribution is 5.93. The lowest BCUT2D eigenvalue weighted by molar-refractivity contribution is 0.0963. The molecule has 22 heavy (non-hydrogen) atoms. The number of amides is 1. The topological polar surface area (TPSA) is 56.7 Å². The number of hydrogen-bond donors (Lipinski definition) is 2. The van der Waals surface area contributed by atoms with E-state index in [1.807, 2.05) is 24.3 Å². The summed E-state index contributed by atoms with van der Waals surface area (Å²) in [5.41, 5.74) is 1.76. The van der Waals surface area contributed by atoms with E-state index in [4.69, 9.17) is 0 Å². The standard InChI is InChI=1S/C17H28N4O/c1-5-7-12-21(4)17(19-6-2)20-13-14-8-10-15(11-9-14)16(22)18-3/h8-11H,5-7,12-13H2,1-4H3,(H,18,22)(H,19,20). The van der Waals surface area contributed by atoms with Crippen molar-refractivity contribution in [1.29, 1.82) is 0 Å². The van der Waals surface area contributed by atoms with Crippen molar-refractivity contribution < 1.29 is 4.79 Å². The third kappa shape index (κ3) is 5.76. The molecule has 1 rings (SSSR count). The number of nitrogens with one attached hydrogen (secondary N) is 2. The van der Waals surface area contributed by atoms with E-state index in [1.165, 1.54) is 6.42 Å². The van der Waals surface area contributed by atoms with Gasteiger partial charge in [0.2, 0.25) is 0 Å². The van der Waals surface area contributed by atoms with Crippen LogP contribution in [0.5, 0.6) is 0 Å². The molecule has 0 bridgehead atoms. The van der Waals surface area contributed by atoms with Crippen LogP contribution < -0.4 is 10.6 Å². The fraction of sp³-hybridized carbons (Fsp3) is 0.529. The summed E-state index contributed by atoms with van der Waals surface area (Å²) >= 11 is 0. The van der Waals surface area contributed by atoms with Gasteiger partial charge in [-0.05, 0) is 31.0 Å². The number of hydrogen-bond acceptors (Lipinski definition) is 2. The second-order valence-electron chi connectivity index (χ2n) is 5.22. The van der Waals surface area contributed by atoms with Gasteiger partial charge in [-0.2, -0.15) is 0 Å². The van der Waals surface area contributed by atoms with E-state index in [0.717, 1.165) is 31.0 Å². The van der Waals surface area contributed by atoms with Crippen LogP contribution in [0.2, 0.25) is 0 Å². The van der Waals surface area contributed by atoms with Crippen LogP contribution in [-0.2, 0) is 6.54 Å². The van der Waals surface area contributed by atoms with Gasteiger partial charge in [-0.3, -0.25) is 4.79 Å². The molecule has 1 aromatic rings. The van der Waals surface area contributed by atoms with Gasteiger partial charge in [0.15, 0.2) is 5.96 Å². The number of rotatable bonds is 7. The number of benzene rings is 1. The zero-order valence-electron chi connectivity index (χ0n) is 14.1. The van der Waals surface area contributed by atoms with E-state index >= 15 is 0 Å². The van der Waals surface area contributed by atoms with Gasteiger partial charge < -0.3 is 15.5 Å². The predicted octanol–water partition coefficient (Wildman–Crippen LogP) is 2.24. The van der Waals surface area contributed by atoms with Crippen molar-refractivity contribution in [2.75, 3.05) is 27.2 Å². The summed E-state index contributed by atoms with van der Waals surface area (Å²) in [5.74, 6) is 0.856. The Bertz CT molecular complexity index is 482. The van der Waals surface area contributed by atoms with Gasteiger partial charge in [-0.25, -0.2) is 4.99 Å². The van der Waals surface area contributed by atoms with Gasteiger partial charge in [0, 0.05) is 32.7 Å². The summed E-state index contributed by atoms with van der Waals surface area (Å²) in [7, 11) is 3.70. The first-order valence-electron chi connectivity index (χ1n) is 7.92. The van der Waals surface area contributed by atoms with Crippen molar-refractivity contribution in [2.45, 2.75) is 33.2 Å². The molecule has 0 heterocycles. The third-order valence-corrected chi connectivity index (χ3v) is 3.40. The van der Waals surface area contributed by atoms with Crippen LogP contribution in [0.1, 0.15) is 42.6 Å². The quantitative estimate of drug-likeness (QED) is 0.600. The molecule has 0 radical (unpaired) electrons. The predicted molar refractivity (Wildman–Crippen MR) is 92.2 cm³/mol. The number of guanidine groups is 1. The number of carbonyl (C=O) groups is 1. The van der Waals surface area contributed by atoms with Crippen LogP contribution in [0.3, 0.4) is 0 Å². The lowest BCUT2D eigenvalue weighted by Crippen LogP contribution is -2.39. The van der Waals surface area contributed by atoms with Gasteiger partial charge in [-0.15, -0.1) is 0 Å². The summed E-state index contributed by atoms with van der Waals surface area (Å²) in [5, 5.41) is 5.93. The summed E-state index contributed by atoms with van der Waals surface area (Å²) in [4.78, 5) is 18.3. The Balaban J connectivity index is 2.71. The zero-order chi connectivity index (χ0) is 16.4. The Kier molecular flexibility index (Phi) is 8.04. The van der Waals surface area contributed by atoms with Crippen molar-refractivity contribution in [3.63, 3.8) is 0 Å². The first-order chi connectivity index (χ1) is 10.6. The molecule has 0 aromatic heterocycles. The maximum atomic E-state index is 11.5. The summed E-state index contributed by atoms with van der Waals surface area (Å²) in [6.07, 6.45) is 2.33. The molecule has 122 valence electrons. The Morgan fingerprint density at radius 2 is 1.91 bits per heavy atom. The number of carbonyl (C=O) groups excluding carboxylic acids is 1. The molecule has 1 aromatic carbocycles. The van der Waals surface area contributed by atoms with E-state index in [-0.39, 0.29) is 5.91 Å². The maximum Gasteiger partial charge on any atom is 0.251 e. The van der Waals surface area contributed by atoms with Crippen LogP contribution >= 0.6 is 0 Å². The number of aliphatic imine (C=N–C) groups is 1. The summed E-state index contributed by atoms with van der Waals surface area (Å²) in [6, 6.07) is 7.56. The van der Waals surface area contributed by atoms with Gasteiger partial charge in [0.25, 0.3) is 5.91 Å². The van der Waals surface area contributed by atoms with Crippen LogP contribution in [0, 0.1) is 0 Å². The van der Waals surface area contributed by atoms with E-state index < -0.39 is 0 Å². The van der Waals surface area contributed by atoms with Gasteiger partial charge in [-0.1, -0.05) is 25.5 Å². The molecule has 0 fully saturated rings. The van der Waals surface area contributed by atoms with E-state index in [1.54, 1.807) is 7.05 Å². The average molecular weight is 304 g/mol. The van der Waals surface area contributed by atoms with Crippen LogP contribution in [0.15, 0.2) is 29.3 Å². The lowest BCUT2D eigenvalue weighted by Gasteiger charge is -2.21. The fourth-order valence-corrected chi connectivity index (χ4v) is 2.04. The average Bonchev–Trinajstić information content (AvgIpc) is 2.56. The van der Waals surface area contributed by atoms with Crippen molar-refractivity contribution in [1.82, 2.24) is 15.5 Å². The minimum absolute atomic E-state index is 0.0670. The second kappa shape index (κ2) is 9.82. The number of nitrogens with zero attached hydrogens (tertiary/aromatic N) is 2. The molecule has 0 atom stereocenters. The molecule has 0 saturated carbocycles. The normalized spacial score (nSPS) is 11.2. The van der Waals surface area contributed by atoms with E-state index in [0.29, 0.717) is 12.1 Å². The van der Waals surface area contributed by atoms with Crippen molar-refractivity contribution in [3.8, 4) is 0 Å². The molecule has 5 heteroatoms. The van der Waals surface area contributed by atoms with Crippen LogP contribution in [-0.4, -0.2) is 44.0 Å². The minimum atomic E-state index is -0.0670. The van der Waals surface area contributed by atoms with Gasteiger partial charge in [0.05, 0.1) is 6.54 Å². The second-order valence-corrected chi connectivity index (χ2v) is 5.22. The Labute approximate surface area is 133 Å². The van der Waals surface area contributed by atoms with Crippen molar-refractivity contribution in [3.05, 3.63) is 35.4 Å². The minimum Gasteiger partial charge on any atom is -0.357 e. The highest BCUT2D eigenvalue weighted by Gasteiger charge is 2.05. The molecular formula is C17H28N4O. The van der Waals surface area contributed by atoms with Crippen molar-refractivity contribution >= 4 is 11.9 Å². The maximum absolute atomic E-state index is 11.5. The highest BCUT2D eigenvalue weighted by Crippen LogP contribution is 2.06. The smallest absolute Gasteiger partial charge is 0.251 e. The fourth-order valence-electron chi connectivity index (χ4n) is 2.04.